The van der Waals surface area contributed by atoms with Crippen molar-refractivity contribution in [2.45, 2.75) is 79.6 Å². The van der Waals surface area contributed by atoms with Crippen LogP contribution in [0, 0.1) is 0 Å². The van der Waals surface area contributed by atoms with Crippen LogP contribution in [0.15, 0.2) is 0 Å². The lowest BCUT2D eigenvalue weighted by Gasteiger charge is -2.29. The summed E-state index contributed by atoms with van der Waals surface area (Å²) in [5.74, 6) is 0. The summed E-state index contributed by atoms with van der Waals surface area (Å²) in [5.41, 5.74) is 0. The van der Waals surface area contributed by atoms with Crippen molar-refractivity contribution in [3.8, 4) is 0 Å². The van der Waals surface area contributed by atoms with E-state index >= 15 is 0 Å². The maximum atomic E-state index is 3.62. The fraction of sp³-hybridized carbons (Fsp3) is 1.00. The molecule has 3 nitrogen and oxygen atoms in total. The van der Waals surface area contributed by atoms with Gasteiger partial charge in [-0.15, -0.1) is 0 Å². The normalized spacial score (nSPS) is 12.9. The van der Waals surface area contributed by atoms with Gasteiger partial charge in [-0.3, -0.25) is 0 Å². The Morgan fingerprint density at radius 3 is 1.05 bits per heavy atom. The highest BCUT2D eigenvalue weighted by Gasteiger charge is 2.17. The first-order valence-electron chi connectivity index (χ1n) is 8.19. The molecule has 0 aromatic rings. The molecule has 0 aliphatic carbocycles. The van der Waals surface area contributed by atoms with E-state index in [1.54, 1.807) is 9.80 Å². The van der Waals surface area contributed by atoms with Crippen LogP contribution in [0.4, 0.5) is 0 Å². The highest BCUT2D eigenvalue weighted by molar-refractivity contribution is 4.49. The van der Waals surface area contributed by atoms with Crippen molar-refractivity contribution in [1.29, 1.82) is 0 Å². The lowest BCUT2D eigenvalue weighted by atomic mass is 10.2. The molecule has 0 aliphatic heterocycles. The Bertz CT molecular complexity index is 174. The summed E-state index contributed by atoms with van der Waals surface area (Å²) in [6.45, 7) is 23.3. The zero-order valence-corrected chi connectivity index (χ0v) is 14.6. The molecule has 0 unspecified atom stereocenters. The second-order valence-electron chi connectivity index (χ2n) is 7.02. The first-order chi connectivity index (χ1) is 8.77. The van der Waals surface area contributed by atoms with E-state index in [-0.39, 0.29) is 0 Å². The Morgan fingerprint density at radius 2 is 0.842 bits per heavy atom. The summed E-state index contributed by atoms with van der Waals surface area (Å²) < 4.78 is 0. The number of quaternary nitrogens is 2. The minimum Gasteiger partial charge on any atom is -0.330 e. The third kappa shape index (κ3) is 7.91. The Hall–Kier alpha value is -0.120. The van der Waals surface area contributed by atoms with E-state index in [0.717, 1.165) is 37.3 Å². The van der Waals surface area contributed by atoms with Crippen molar-refractivity contribution in [2.75, 3.05) is 26.2 Å². The summed E-state index contributed by atoms with van der Waals surface area (Å²) in [4.78, 5) is 3.40. The predicted octanol–water partition coefficient (Wildman–Crippen LogP) is -0.0206. The molecule has 0 amide bonds. The number of hydrogen-bond acceptors (Lipinski definition) is 1. The van der Waals surface area contributed by atoms with Crippen LogP contribution < -0.4 is 15.1 Å². The minimum absolute atomic E-state index is 0.718. The molecular formula is C16H39N3+2. The maximum Gasteiger partial charge on any atom is 0.0901 e. The van der Waals surface area contributed by atoms with E-state index in [1.165, 1.54) is 13.1 Å². The Kier molecular flexibility index (Phi) is 9.67. The van der Waals surface area contributed by atoms with Gasteiger partial charge < -0.3 is 15.1 Å². The Labute approximate surface area is 121 Å². The average Bonchev–Trinajstić information content (AvgIpc) is 2.25. The monoisotopic (exact) mass is 273 g/mol. The van der Waals surface area contributed by atoms with Crippen molar-refractivity contribution < 1.29 is 9.80 Å². The van der Waals surface area contributed by atoms with E-state index in [2.05, 4.69) is 60.7 Å². The summed E-state index contributed by atoms with van der Waals surface area (Å²) in [5, 5.41) is 3.62. The van der Waals surface area contributed by atoms with Gasteiger partial charge in [0.25, 0.3) is 0 Å². The van der Waals surface area contributed by atoms with Gasteiger partial charge in [0.2, 0.25) is 0 Å². The molecule has 0 aliphatic rings. The van der Waals surface area contributed by atoms with Crippen LogP contribution in [0.2, 0.25) is 0 Å². The van der Waals surface area contributed by atoms with Crippen LogP contribution in [0.25, 0.3) is 0 Å². The standard InChI is InChI=1S/C16H37N3/c1-13(2)18(14(3)4)11-9-17-10-12-19(15(5)6)16(7)8/h13-17H,9-12H2,1-8H3/p+2. The van der Waals surface area contributed by atoms with Crippen LogP contribution >= 0.6 is 0 Å². The highest BCUT2D eigenvalue weighted by atomic mass is 15.2. The molecule has 116 valence electrons. The Morgan fingerprint density at radius 1 is 0.579 bits per heavy atom. The van der Waals surface area contributed by atoms with E-state index < -0.39 is 0 Å². The van der Waals surface area contributed by atoms with Crippen molar-refractivity contribution >= 4 is 0 Å². The molecule has 3 N–H and O–H groups in total. The minimum atomic E-state index is 0.718. The summed E-state index contributed by atoms with van der Waals surface area (Å²) in [7, 11) is 0. The summed E-state index contributed by atoms with van der Waals surface area (Å²) >= 11 is 0. The van der Waals surface area contributed by atoms with E-state index in [0.29, 0.717) is 0 Å². The topological polar surface area (TPSA) is 20.9 Å². The van der Waals surface area contributed by atoms with Gasteiger partial charge in [0.1, 0.15) is 0 Å². The van der Waals surface area contributed by atoms with Crippen molar-refractivity contribution in [3.05, 3.63) is 0 Å². The molecule has 0 bridgehead atoms. The van der Waals surface area contributed by atoms with Gasteiger partial charge in [0.05, 0.1) is 37.3 Å². The van der Waals surface area contributed by atoms with Crippen LogP contribution in [0.1, 0.15) is 55.4 Å². The predicted molar refractivity (Wildman–Crippen MR) is 85.1 cm³/mol. The second kappa shape index (κ2) is 9.73. The van der Waals surface area contributed by atoms with Gasteiger partial charge >= 0.3 is 0 Å². The summed E-state index contributed by atoms with van der Waals surface area (Å²) in [6.07, 6.45) is 0. The average molecular weight is 274 g/mol. The molecule has 0 aromatic carbocycles. The van der Waals surface area contributed by atoms with Gasteiger partial charge in [0, 0.05) is 13.1 Å². The lowest BCUT2D eigenvalue weighted by molar-refractivity contribution is -0.942. The smallest absolute Gasteiger partial charge is 0.0901 e. The fourth-order valence-corrected chi connectivity index (χ4v) is 3.08. The number of hydrogen-bond donors (Lipinski definition) is 3. The maximum absolute atomic E-state index is 3.62. The van der Waals surface area contributed by atoms with Gasteiger partial charge in [-0.05, 0) is 55.4 Å². The van der Waals surface area contributed by atoms with Gasteiger partial charge in [-0.25, -0.2) is 0 Å². The van der Waals surface area contributed by atoms with Crippen LogP contribution in [0.5, 0.6) is 0 Å². The zero-order chi connectivity index (χ0) is 15.0. The molecule has 0 heterocycles. The lowest BCUT2D eigenvalue weighted by Crippen LogP contribution is -3.19. The van der Waals surface area contributed by atoms with Crippen molar-refractivity contribution in [1.82, 2.24) is 5.32 Å². The summed E-state index contributed by atoms with van der Waals surface area (Å²) in [6, 6.07) is 2.87. The molecule has 0 fully saturated rings. The van der Waals surface area contributed by atoms with E-state index in [9.17, 15) is 0 Å². The van der Waals surface area contributed by atoms with Crippen molar-refractivity contribution in [2.24, 2.45) is 0 Å². The number of nitrogens with one attached hydrogen (secondary N) is 3. The highest BCUT2D eigenvalue weighted by Crippen LogP contribution is 1.77. The molecule has 0 rings (SSSR count). The molecule has 0 spiro atoms. The van der Waals surface area contributed by atoms with Crippen LogP contribution in [-0.2, 0) is 0 Å². The molecule has 0 radical (unpaired) electrons. The Balaban J connectivity index is 3.85. The van der Waals surface area contributed by atoms with Gasteiger partial charge in [-0.1, -0.05) is 0 Å². The quantitative estimate of drug-likeness (QED) is 0.478. The molecule has 0 saturated carbocycles. The molecule has 3 heteroatoms. The van der Waals surface area contributed by atoms with Crippen molar-refractivity contribution in [3.63, 3.8) is 0 Å². The van der Waals surface area contributed by atoms with E-state index in [4.69, 9.17) is 0 Å². The van der Waals surface area contributed by atoms with Gasteiger partial charge in [-0.2, -0.15) is 0 Å². The first kappa shape index (κ1) is 18.9. The first-order valence-corrected chi connectivity index (χ1v) is 8.19. The molecule has 19 heavy (non-hydrogen) atoms. The fourth-order valence-electron chi connectivity index (χ4n) is 3.08. The SMILES string of the molecule is CC(C)[NH+](CCNCC[NH+](C(C)C)C(C)C)C(C)C. The van der Waals surface area contributed by atoms with Crippen LogP contribution in [0.3, 0.4) is 0 Å². The van der Waals surface area contributed by atoms with Crippen LogP contribution in [-0.4, -0.2) is 50.3 Å². The number of rotatable bonds is 10. The van der Waals surface area contributed by atoms with E-state index in [1.807, 2.05) is 0 Å². The molecule has 0 aromatic heterocycles. The molecule has 0 saturated heterocycles. The zero-order valence-electron chi connectivity index (χ0n) is 14.6. The third-order valence-electron chi connectivity index (χ3n) is 4.15. The third-order valence-corrected chi connectivity index (χ3v) is 4.15. The molecule has 0 atom stereocenters. The molecular weight excluding hydrogens is 234 g/mol. The largest absolute Gasteiger partial charge is 0.330 e. The van der Waals surface area contributed by atoms with Gasteiger partial charge in [0.15, 0.2) is 0 Å². The second-order valence-corrected chi connectivity index (χ2v) is 7.02.